The number of nitrogens with one attached hydrogen (secondary N) is 1. The van der Waals surface area contributed by atoms with Crippen molar-refractivity contribution in [2.45, 2.75) is 37.3 Å². The van der Waals surface area contributed by atoms with Crippen LogP contribution in [0.5, 0.6) is 0 Å². The van der Waals surface area contributed by atoms with Crippen LogP contribution in [-0.2, 0) is 12.2 Å². The van der Waals surface area contributed by atoms with E-state index in [0.717, 1.165) is 23.6 Å². The maximum Gasteiger partial charge on any atom is 0.239 e. The quantitative estimate of drug-likeness (QED) is 0.543. The van der Waals surface area contributed by atoms with E-state index in [9.17, 15) is 0 Å². The van der Waals surface area contributed by atoms with E-state index in [4.69, 9.17) is 20.5 Å². The molecule has 2 aromatic heterocycles. The van der Waals surface area contributed by atoms with E-state index in [0.29, 0.717) is 28.6 Å². The fraction of sp³-hybridized carbons (Fsp3) is 0.389. The van der Waals surface area contributed by atoms with Crippen LogP contribution in [-0.4, -0.2) is 28.2 Å². The third-order valence-corrected chi connectivity index (χ3v) is 5.32. The van der Waals surface area contributed by atoms with Gasteiger partial charge in [0, 0.05) is 23.0 Å². The highest BCUT2D eigenvalue weighted by Crippen LogP contribution is 2.31. The number of hydrogen-bond donors (Lipinski definition) is 1. The van der Waals surface area contributed by atoms with E-state index in [1.807, 2.05) is 38.2 Å². The molecule has 146 valence electrons. The zero-order chi connectivity index (χ0) is 18.5. The molecule has 2 atom stereocenters. The Labute approximate surface area is 173 Å². The first kappa shape index (κ1) is 21.8. The van der Waals surface area contributed by atoms with Crippen molar-refractivity contribution < 1.29 is 8.94 Å². The van der Waals surface area contributed by atoms with Gasteiger partial charge in [-0.1, -0.05) is 16.8 Å². The summed E-state index contributed by atoms with van der Waals surface area (Å²) in [7, 11) is 1.92. The second kappa shape index (κ2) is 10.1. The van der Waals surface area contributed by atoms with Crippen LogP contribution in [0.1, 0.15) is 36.7 Å². The summed E-state index contributed by atoms with van der Waals surface area (Å²) in [5, 5.41) is 7.96. The van der Waals surface area contributed by atoms with Gasteiger partial charge >= 0.3 is 0 Å². The van der Waals surface area contributed by atoms with Crippen LogP contribution in [0, 0.1) is 0 Å². The Kier molecular flexibility index (Phi) is 8.16. The minimum absolute atomic E-state index is 0. The number of nitrogens with zero attached hydrogens (tertiary/aromatic N) is 3. The zero-order valence-corrected chi connectivity index (χ0v) is 17.7. The molecule has 27 heavy (non-hydrogen) atoms. The van der Waals surface area contributed by atoms with Gasteiger partial charge < -0.3 is 14.3 Å². The minimum Gasteiger partial charge on any atom is -0.440 e. The lowest BCUT2D eigenvalue weighted by Gasteiger charge is -2.05. The maximum atomic E-state index is 5.91. The first-order valence-electron chi connectivity index (χ1n) is 8.37. The average molecular weight is 429 g/mol. The summed E-state index contributed by atoms with van der Waals surface area (Å²) in [6, 6.07) is 7.79. The molecule has 0 radical (unpaired) electrons. The molecule has 1 N–H and O–H groups in total. The molecule has 3 aromatic rings. The largest absolute Gasteiger partial charge is 0.440 e. The molecule has 0 aliphatic rings. The van der Waals surface area contributed by atoms with Gasteiger partial charge in [0.1, 0.15) is 0 Å². The van der Waals surface area contributed by atoms with Crippen molar-refractivity contribution in [1.82, 2.24) is 20.4 Å². The molecule has 0 bridgehead atoms. The van der Waals surface area contributed by atoms with Crippen LogP contribution in [0.2, 0.25) is 5.02 Å². The molecule has 1 aromatic carbocycles. The number of hydrogen-bond acceptors (Lipinski definition) is 7. The Morgan fingerprint density at radius 3 is 2.67 bits per heavy atom. The van der Waals surface area contributed by atoms with Crippen molar-refractivity contribution in [3.8, 4) is 11.3 Å². The van der Waals surface area contributed by atoms with Crippen molar-refractivity contribution in [3.63, 3.8) is 0 Å². The Morgan fingerprint density at radius 1 is 1.22 bits per heavy atom. The lowest BCUT2D eigenvalue weighted by Crippen LogP contribution is -2.24. The van der Waals surface area contributed by atoms with Crippen LogP contribution in [0.4, 0.5) is 0 Å². The molecule has 0 aliphatic heterocycles. The molecular weight excluding hydrogens is 407 g/mol. The highest BCUT2D eigenvalue weighted by molar-refractivity contribution is 7.98. The molecule has 6 nitrogen and oxygen atoms in total. The van der Waals surface area contributed by atoms with Gasteiger partial charge in [0.05, 0.1) is 17.2 Å². The van der Waals surface area contributed by atoms with Gasteiger partial charge in [-0.25, -0.2) is 4.98 Å². The molecule has 2 heterocycles. The Morgan fingerprint density at radius 2 is 1.96 bits per heavy atom. The molecular formula is C18H22Cl2N4O2S. The standard InChI is InChI=1S/C18H21ClN4O2S.ClH/c1-11(20-3)8-16-22-18(25-23-16)12(2)26-10-17-21-9-15(24-17)13-4-6-14(19)7-5-13;/h4-7,9,11-12,20H,8,10H2,1-3H3;1H. The van der Waals surface area contributed by atoms with E-state index in [2.05, 4.69) is 27.4 Å². The topological polar surface area (TPSA) is 77.0 Å². The van der Waals surface area contributed by atoms with E-state index in [1.54, 1.807) is 18.0 Å². The monoisotopic (exact) mass is 428 g/mol. The van der Waals surface area contributed by atoms with Gasteiger partial charge in [-0.05, 0) is 45.2 Å². The number of thioether (sulfide) groups is 1. The second-order valence-electron chi connectivity index (χ2n) is 6.02. The van der Waals surface area contributed by atoms with Crippen molar-refractivity contribution in [3.05, 3.63) is 53.1 Å². The first-order valence-corrected chi connectivity index (χ1v) is 9.80. The lowest BCUT2D eigenvalue weighted by molar-refractivity contribution is 0.372. The van der Waals surface area contributed by atoms with E-state index in [1.165, 1.54) is 0 Å². The summed E-state index contributed by atoms with van der Waals surface area (Å²) in [6.45, 7) is 4.11. The number of likely N-dealkylation sites (N-methyl/N-ethyl adjacent to an activating group) is 1. The summed E-state index contributed by atoms with van der Waals surface area (Å²) in [6.07, 6.45) is 2.47. The summed E-state index contributed by atoms with van der Waals surface area (Å²) >= 11 is 7.55. The molecule has 3 rings (SSSR count). The van der Waals surface area contributed by atoms with Gasteiger partial charge in [-0.3, -0.25) is 0 Å². The summed E-state index contributed by atoms with van der Waals surface area (Å²) in [5.74, 6) is 3.36. The molecule has 0 amide bonds. The van der Waals surface area contributed by atoms with Crippen molar-refractivity contribution in [2.24, 2.45) is 0 Å². The predicted octanol–water partition coefficient (Wildman–Crippen LogP) is 4.94. The van der Waals surface area contributed by atoms with Gasteiger partial charge in [-0.2, -0.15) is 4.98 Å². The Bertz CT molecular complexity index is 838. The molecule has 0 spiro atoms. The predicted molar refractivity (Wildman–Crippen MR) is 110 cm³/mol. The zero-order valence-electron chi connectivity index (χ0n) is 15.3. The number of aromatic nitrogens is 3. The van der Waals surface area contributed by atoms with Gasteiger partial charge in [0.15, 0.2) is 11.6 Å². The number of halogens is 2. The van der Waals surface area contributed by atoms with Crippen molar-refractivity contribution in [2.75, 3.05) is 7.05 Å². The smallest absolute Gasteiger partial charge is 0.239 e. The van der Waals surface area contributed by atoms with Gasteiger partial charge in [-0.15, -0.1) is 24.2 Å². The molecule has 9 heteroatoms. The molecule has 0 aliphatic carbocycles. The minimum atomic E-state index is 0. The van der Waals surface area contributed by atoms with Crippen LogP contribution in [0.25, 0.3) is 11.3 Å². The molecule has 0 saturated carbocycles. The summed E-state index contributed by atoms with van der Waals surface area (Å²) in [4.78, 5) is 8.81. The normalized spacial score (nSPS) is 13.2. The van der Waals surface area contributed by atoms with E-state index in [-0.39, 0.29) is 17.7 Å². The van der Waals surface area contributed by atoms with Crippen LogP contribution in [0.15, 0.2) is 39.4 Å². The third-order valence-electron chi connectivity index (χ3n) is 3.95. The van der Waals surface area contributed by atoms with Crippen LogP contribution < -0.4 is 5.32 Å². The lowest BCUT2D eigenvalue weighted by atomic mass is 10.2. The number of rotatable bonds is 8. The van der Waals surface area contributed by atoms with Gasteiger partial charge in [0.25, 0.3) is 0 Å². The van der Waals surface area contributed by atoms with Crippen molar-refractivity contribution in [1.29, 1.82) is 0 Å². The molecule has 0 fully saturated rings. The van der Waals surface area contributed by atoms with Crippen molar-refractivity contribution >= 4 is 35.8 Å². The molecule has 0 saturated heterocycles. The number of oxazole rings is 1. The van der Waals surface area contributed by atoms with E-state index < -0.39 is 0 Å². The second-order valence-corrected chi connectivity index (χ2v) is 7.79. The summed E-state index contributed by atoms with van der Waals surface area (Å²) < 4.78 is 11.2. The maximum absolute atomic E-state index is 5.91. The average Bonchev–Trinajstić information content (AvgIpc) is 3.30. The Balaban J connectivity index is 0.00000261. The molecule has 2 unspecified atom stereocenters. The van der Waals surface area contributed by atoms with Crippen LogP contribution >= 0.6 is 35.8 Å². The highest BCUT2D eigenvalue weighted by atomic mass is 35.5. The highest BCUT2D eigenvalue weighted by Gasteiger charge is 2.17. The number of benzene rings is 1. The third kappa shape index (κ3) is 5.97. The fourth-order valence-corrected chi connectivity index (χ4v) is 3.17. The fourth-order valence-electron chi connectivity index (χ4n) is 2.28. The Hall–Kier alpha value is -1.54. The first-order chi connectivity index (χ1) is 12.5. The van der Waals surface area contributed by atoms with E-state index >= 15 is 0 Å². The summed E-state index contributed by atoms with van der Waals surface area (Å²) in [5.41, 5.74) is 0.950. The van der Waals surface area contributed by atoms with Gasteiger partial charge in [0.2, 0.25) is 11.8 Å². The SMILES string of the molecule is CNC(C)Cc1noc(C(C)SCc2ncc(-c3ccc(Cl)cc3)o2)n1.Cl. The van der Waals surface area contributed by atoms with Crippen LogP contribution in [0.3, 0.4) is 0 Å².